The molecule has 0 aliphatic heterocycles. The fourth-order valence-electron chi connectivity index (χ4n) is 2.27. The Morgan fingerprint density at radius 1 is 1.10 bits per heavy atom. The molecular weight excluding hydrogens is 246 g/mol. The second kappa shape index (κ2) is 8.43. The zero-order valence-electron chi connectivity index (χ0n) is 13.8. The normalized spacial score (nSPS) is 13.4. The lowest BCUT2D eigenvalue weighted by molar-refractivity contribution is 0.136. The van der Waals surface area contributed by atoms with Crippen molar-refractivity contribution in [2.45, 2.75) is 58.9 Å². The molecule has 20 heavy (non-hydrogen) atoms. The summed E-state index contributed by atoms with van der Waals surface area (Å²) in [5.41, 5.74) is 2.97. The van der Waals surface area contributed by atoms with Crippen LogP contribution >= 0.6 is 0 Å². The van der Waals surface area contributed by atoms with E-state index in [2.05, 4.69) is 57.3 Å². The Morgan fingerprint density at radius 3 is 2.25 bits per heavy atom. The molecule has 1 atom stereocenters. The fourth-order valence-corrected chi connectivity index (χ4v) is 2.27. The average Bonchev–Trinajstić information content (AvgIpc) is 2.42. The maximum absolute atomic E-state index is 5.50. The number of hydrogen-bond acceptors (Lipinski definition) is 2. The van der Waals surface area contributed by atoms with E-state index in [9.17, 15) is 0 Å². The largest absolute Gasteiger partial charge is 0.382 e. The first-order valence-corrected chi connectivity index (χ1v) is 7.90. The summed E-state index contributed by atoms with van der Waals surface area (Å²) in [6, 6.07) is 9.45. The highest BCUT2D eigenvalue weighted by molar-refractivity contribution is 5.29. The highest BCUT2D eigenvalue weighted by atomic mass is 16.5. The first-order valence-electron chi connectivity index (χ1n) is 7.90. The summed E-state index contributed by atoms with van der Waals surface area (Å²) >= 11 is 0. The van der Waals surface area contributed by atoms with Gasteiger partial charge >= 0.3 is 0 Å². The SMILES string of the molecule is CCCNC(CCOCC)c1ccc(C(C)(C)C)cc1. The predicted octanol–water partition coefficient (Wildman–Crippen LogP) is 4.45. The van der Waals surface area contributed by atoms with Crippen molar-refractivity contribution in [3.63, 3.8) is 0 Å². The summed E-state index contributed by atoms with van der Waals surface area (Å²) in [5, 5.41) is 3.62. The molecular formula is C18H31NO. The molecule has 0 saturated carbocycles. The number of benzene rings is 1. The minimum atomic E-state index is 0.218. The van der Waals surface area contributed by atoms with Crippen LogP contribution in [0.5, 0.6) is 0 Å². The first kappa shape index (κ1) is 17.2. The molecule has 0 saturated heterocycles. The molecule has 1 unspecified atom stereocenters. The maximum Gasteiger partial charge on any atom is 0.0484 e. The maximum atomic E-state index is 5.50. The van der Waals surface area contributed by atoms with Crippen LogP contribution in [-0.2, 0) is 10.2 Å². The van der Waals surface area contributed by atoms with Gasteiger partial charge in [-0.3, -0.25) is 0 Å². The van der Waals surface area contributed by atoms with E-state index in [1.807, 2.05) is 6.92 Å². The van der Waals surface area contributed by atoms with E-state index in [-0.39, 0.29) is 5.41 Å². The van der Waals surface area contributed by atoms with Crippen molar-refractivity contribution in [3.05, 3.63) is 35.4 Å². The molecule has 0 fully saturated rings. The van der Waals surface area contributed by atoms with Gasteiger partial charge in [0.25, 0.3) is 0 Å². The lowest BCUT2D eigenvalue weighted by atomic mass is 9.86. The van der Waals surface area contributed by atoms with Crippen LogP contribution in [0.25, 0.3) is 0 Å². The topological polar surface area (TPSA) is 21.3 Å². The molecule has 114 valence electrons. The van der Waals surface area contributed by atoms with Gasteiger partial charge in [0.05, 0.1) is 0 Å². The molecule has 0 aliphatic carbocycles. The molecule has 2 nitrogen and oxygen atoms in total. The van der Waals surface area contributed by atoms with Gasteiger partial charge in [-0.25, -0.2) is 0 Å². The number of rotatable bonds is 8. The number of nitrogens with one attached hydrogen (secondary N) is 1. The quantitative estimate of drug-likeness (QED) is 0.709. The highest BCUT2D eigenvalue weighted by Gasteiger charge is 2.15. The Morgan fingerprint density at radius 2 is 1.75 bits per heavy atom. The van der Waals surface area contributed by atoms with Gasteiger partial charge in [-0.15, -0.1) is 0 Å². The van der Waals surface area contributed by atoms with Gasteiger partial charge in [0, 0.05) is 19.3 Å². The van der Waals surface area contributed by atoms with Crippen LogP contribution in [0.2, 0.25) is 0 Å². The van der Waals surface area contributed by atoms with Crippen molar-refractivity contribution in [1.29, 1.82) is 0 Å². The molecule has 0 radical (unpaired) electrons. The van der Waals surface area contributed by atoms with Crippen LogP contribution in [0.3, 0.4) is 0 Å². The van der Waals surface area contributed by atoms with Crippen molar-refractivity contribution in [1.82, 2.24) is 5.32 Å². The number of hydrogen-bond donors (Lipinski definition) is 1. The van der Waals surface area contributed by atoms with Crippen LogP contribution in [0.1, 0.15) is 64.6 Å². The van der Waals surface area contributed by atoms with E-state index in [0.717, 1.165) is 32.6 Å². The van der Waals surface area contributed by atoms with Crippen molar-refractivity contribution in [3.8, 4) is 0 Å². The molecule has 1 N–H and O–H groups in total. The van der Waals surface area contributed by atoms with Gasteiger partial charge in [0.1, 0.15) is 0 Å². The fraction of sp³-hybridized carbons (Fsp3) is 0.667. The van der Waals surface area contributed by atoms with E-state index in [0.29, 0.717) is 6.04 Å². The van der Waals surface area contributed by atoms with Crippen LogP contribution in [-0.4, -0.2) is 19.8 Å². The van der Waals surface area contributed by atoms with Crippen LogP contribution in [0.15, 0.2) is 24.3 Å². The molecule has 0 amide bonds. The molecule has 0 aliphatic rings. The van der Waals surface area contributed by atoms with Crippen molar-refractivity contribution in [2.75, 3.05) is 19.8 Å². The molecule has 0 aromatic heterocycles. The van der Waals surface area contributed by atoms with Crippen LogP contribution < -0.4 is 5.32 Å². The molecule has 0 bridgehead atoms. The van der Waals surface area contributed by atoms with Gasteiger partial charge < -0.3 is 10.1 Å². The smallest absolute Gasteiger partial charge is 0.0484 e. The molecule has 0 spiro atoms. The monoisotopic (exact) mass is 277 g/mol. The van der Waals surface area contributed by atoms with E-state index in [4.69, 9.17) is 4.74 Å². The minimum Gasteiger partial charge on any atom is -0.382 e. The summed E-state index contributed by atoms with van der Waals surface area (Å²) in [7, 11) is 0. The zero-order valence-corrected chi connectivity index (χ0v) is 13.8. The lowest BCUT2D eigenvalue weighted by Crippen LogP contribution is -2.23. The van der Waals surface area contributed by atoms with E-state index in [1.165, 1.54) is 11.1 Å². The van der Waals surface area contributed by atoms with Gasteiger partial charge in [0.15, 0.2) is 0 Å². The first-order chi connectivity index (χ1) is 9.49. The van der Waals surface area contributed by atoms with Gasteiger partial charge in [-0.1, -0.05) is 52.0 Å². The highest BCUT2D eigenvalue weighted by Crippen LogP contribution is 2.25. The van der Waals surface area contributed by atoms with E-state index >= 15 is 0 Å². The second-order valence-electron chi connectivity index (χ2n) is 6.36. The number of ether oxygens (including phenoxy) is 1. The zero-order chi connectivity index (χ0) is 15.0. The van der Waals surface area contributed by atoms with Gasteiger partial charge in [-0.05, 0) is 42.9 Å². The molecule has 1 aromatic carbocycles. The van der Waals surface area contributed by atoms with Crippen LogP contribution in [0.4, 0.5) is 0 Å². The van der Waals surface area contributed by atoms with Crippen molar-refractivity contribution < 1.29 is 4.74 Å². The standard InChI is InChI=1S/C18H31NO/c1-6-13-19-17(12-14-20-7-2)15-8-10-16(11-9-15)18(3,4)5/h8-11,17,19H,6-7,12-14H2,1-5H3. The average molecular weight is 277 g/mol. The third-order valence-electron chi connectivity index (χ3n) is 3.57. The Balaban J connectivity index is 2.73. The molecule has 1 aromatic rings. The predicted molar refractivity (Wildman–Crippen MR) is 87.3 cm³/mol. The Bertz CT molecular complexity index is 364. The third kappa shape index (κ3) is 5.64. The van der Waals surface area contributed by atoms with Crippen molar-refractivity contribution >= 4 is 0 Å². The summed E-state index contributed by atoms with van der Waals surface area (Å²) in [6.07, 6.45) is 2.19. The molecule has 2 heteroatoms. The third-order valence-corrected chi connectivity index (χ3v) is 3.57. The minimum absolute atomic E-state index is 0.218. The van der Waals surface area contributed by atoms with Gasteiger partial charge in [0.2, 0.25) is 0 Å². The summed E-state index contributed by atoms with van der Waals surface area (Å²) < 4.78 is 5.50. The van der Waals surface area contributed by atoms with Gasteiger partial charge in [-0.2, -0.15) is 0 Å². The Hall–Kier alpha value is -0.860. The van der Waals surface area contributed by atoms with Crippen molar-refractivity contribution in [2.24, 2.45) is 0 Å². The molecule has 1 rings (SSSR count). The van der Waals surface area contributed by atoms with E-state index in [1.54, 1.807) is 0 Å². The summed E-state index contributed by atoms with van der Waals surface area (Å²) in [6.45, 7) is 13.7. The summed E-state index contributed by atoms with van der Waals surface area (Å²) in [4.78, 5) is 0. The van der Waals surface area contributed by atoms with Crippen LogP contribution in [0, 0.1) is 0 Å². The lowest BCUT2D eigenvalue weighted by Gasteiger charge is -2.22. The Kier molecular flexibility index (Phi) is 7.25. The van der Waals surface area contributed by atoms with E-state index < -0.39 is 0 Å². The Labute approximate surface area is 124 Å². The molecule has 0 heterocycles. The second-order valence-corrected chi connectivity index (χ2v) is 6.36. The summed E-state index contributed by atoms with van der Waals surface area (Å²) in [5.74, 6) is 0.